The van der Waals surface area contributed by atoms with Crippen LogP contribution in [0, 0.1) is 0 Å². The fraction of sp³-hybridized carbons (Fsp3) is 0.207. The molecule has 0 aliphatic rings. The molecule has 2 N–H and O–H groups in total. The third-order valence-electron chi connectivity index (χ3n) is 6.65. The zero-order valence-corrected chi connectivity index (χ0v) is 20.9. The number of aryl methyl sites for hydroxylation is 1. The average molecular weight is 497 g/mol. The molecule has 2 aromatic heterocycles. The van der Waals surface area contributed by atoms with Crippen LogP contribution in [0.25, 0.3) is 21.7 Å². The number of carbonyl (C=O) groups is 1. The lowest BCUT2D eigenvalue weighted by Gasteiger charge is -2.22. The number of carbonyl (C=O) groups excluding carboxylic acids is 1. The van der Waals surface area contributed by atoms with Gasteiger partial charge in [0.25, 0.3) is 11.5 Å². The number of benzene rings is 3. The van der Waals surface area contributed by atoms with E-state index < -0.39 is 0 Å². The highest BCUT2D eigenvalue weighted by Gasteiger charge is 2.25. The molecular weight excluding hydrogens is 468 g/mol. The van der Waals surface area contributed by atoms with E-state index in [4.69, 9.17) is 9.47 Å². The fourth-order valence-electron chi connectivity index (χ4n) is 4.85. The summed E-state index contributed by atoms with van der Waals surface area (Å²) in [5.41, 5.74) is 2.89. The molecule has 8 heteroatoms. The molecule has 3 aromatic carbocycles. The largest absolute Gasteiger partial charge is 0.493 e. The normalized spacial score (nSPS) is 12.0. The first-order chi connectivity index (χ1) is 18.1. The first kappa shape index (κ1) is 24.1. The Morgan fingerprint density at radius 2 is 1.68 bits per heavy atom. The molecule has 0 fully saturated rings. The molecule has 0 saturated heterocycles. The Balaban J connectivity index is 1.58. The number of rotatable bonds is 8. The fourth-order valence-corrected chi connectivity index (χ4v) is 4.85. The van der Waals surface area contributed by atoms with E-state index >= 15 is 0 Å². The maximum absolute atomic E-state index is 13.5. The van der Waals surface area contributed by atoms with Crippen LogP contribution in [0.4, 0.5) is 0 Å². The summed E-state index contributed by atoms with van der Waals surface area (Å²) in [6, 6.07) is 20.8. The number of para-hydroxylation sites is 2. The highest BCUT2D eigenvalue weighted by molar-refractivity contribution is 6.04. The van der Waals surface area contributed by atoms with Crippen molar-refractivity contribution in [1.82, 2.24) is 20.1 Å². The molecule has 1 atom stereocenters. The maximum atomic E-state index is 13.5. The van der Waals surface area contributed by atoms with Crippen LogP contribution in [0.3, 0.4) is 0 Å². The summed E-state index contributed by atoms with van der Waals surface area (Å²) < 4.78 is 12.6. The zero-order valence-electron chi connectivity index (χ0n) is 20.9. The van der Waals surface area contributed by atoms with Gasteiger partial charge in [-0.1, -0.05) is 48.5 Å². The number of aromatic amines is 1. The smallest absolute Gasteiger partial charge is 0.274 e. The Hall–Kier alpha value is -4.59. The number of amides is 1. The van der Waals surface area contributed by atoms with Crippen molar-refractivity contribution in [2.45, 2.75) is 19.4 Å². The van der Waals surface area contributed by atoms with Crippen LogP contribution in [0.15, 0.2) is 77.7 Å². The molecule has 5 rings (SSSR count). The molecule has 5 aromatic rings. The second-order valence-corrected chi connectivity index (χ2v) is 8.65. The molecule has 0 radical (unpaired) electrons. The molecule has 0 saturated carbocycles. The van der Waals surface area contributed by atoms with Crippen molar-refractivity contribution in [3.05, 3.63) is 100 Å². The Morgan fingerprint density at radius 1 is 0.946 bits per heavy atom. The van der Waals surface area contributed by atoms with Crippen molar-refractivity contribution in [1.29, 1.82) is 0 Å². The molecule has 188 valence electrons. The predicted molar refractivity (Wildman–Crippen MR) is 144 cm³/mol. The van der Waals surface area contributed by atoms with Gasteiger partial charge in [0.1, 0.15) is 0 Å². The summed E-state index contributed by atoms with van der Waals surface area (Å²) in [6.07, 6.45) is 1.96. The zero-order chi connectivity index (χ0) is 25.9. The molecule has 0 aliphatic heterocycles. The van der Waals surface area contributed by atoms with Crippen LogP contribution < -0.4 is 20.3 Å². The minimum atomic E-state index is -0.356. The molecule has 0 aliphatic carbocycles. The van der Waals surface area contributed by atoms with E-state index in [1.807, 2.05) is 49.5 Å². The number of nitrogens with one attached hydrogen (secondary N) is 2. The Kier molecular flexibility index (Phi) is 6.64. The van der Waals surface area contributed by atoms with E-state index in [9.17, 15) is 9.59 Å². The number of H-pyrrole nitrogens is 1. The second-order valence-electron chi connectivity index (χ2n) is 8.65. The summed E-state index contributed by atoms with van der Waals surface area (Å²) in [5.74, 6) is 0.607. The van der Waals surface area contributed by atoms with Crippen molar-refractivity contribution in [2.75, 3.05) is 20.8 Å². The molecule has 0 bridgehead atoms. The number of fused-ring (bicyclic) bond motifs is 2. The topological polar surface area (TPSA) is 98.2 Å². The van der Waals surface area contributed by atoms with Crippen molar-refractivity contribution in [3.8, 4) is 11.5 Å². The van der Waals surface area contributed by atoms with Crippen molar-refractivity contribution in [3.63, 3.8) is 0 Å². The van der Waals surface area contributed by atoms with E-state index in [0.29, 0.717) is 28.8 Å². The summed E-state index contributed by atoms with van der Waals surface area (Å²) in [6.45, 7) is 2.46. The molecule has 1 amide bonds. The number of nitrogens with zero attached hydrogens (tertiary/aromatic N) is 2. The number of hydrogen-bond donors (Lipinski definition) is 2. The van der Waals surface area contributed by atoms with Gasteiger partial charge in [0, 0.05) is 47.1 Å². The molecule has 8 nitrogen and oxygen atoms in total. The molecule has 2 heterocycles. The van der Waals surface area contributed by atoms with Gasteiger partial charge in [-0.2, -0.15) is 5.10 Å². The van der Waals surface area contributed by atoms with E-state index in [1.54, 1.807) is 38.5 Å². The van der Waals surface area contributed by atoms with Crippen LogP contribution in [-0.2, 0) is 6.54 Å². The van der Waals surface area contributed by atoms with E-state index in [0.717, 1.165) is 22.0 Å². The average Bonchev–Trinajstić information content (AvgIpc) is 3.37. The third-order valence-corrected chi connectivity index (χ3v) is 6.65. The van der Waals surface area contributed by atoms with Crippen molar-refractivity contribution in [2.24, 2.45) is 0 Å². The van der Waals surface area contributed by atoms with Gasteiger partial charge >= 0.3 is 0 Å². The standard InChI is InChI=1S/C29H28N4O4/c1-4-33-29(35)21-12-6-5-11-19(21)26(32-33)28(34)31-17-23(20-13-9-15-25(36-2)27(20)37-3)22-16-30-24-14-8-7-10-18(22)24/h5-16,23,30H,4,17H2,1-3H3,(H,31,34). The highest BCUT2D eigenvalue weighted by Crippen LogP contribution is 2.40. The maximum Gasteiger partial charge on any atom is 0.274 e. The number of aromatic nitrogens is 3. The monoisotopic (exact) mass is 496 g/mol. The summed E-state index contributed by atoms with van der Waals surface area (Å²) in [4.78, 5) is 29.6. The van der Waals surface area contributed by atoms with Crippen LogP contribution in [0.1, 0.15) is 34.5 Å². The lowest BCUT2D eigenvalue weighted by Crippen LogP contribution is -2.33. The molecule has 1 unspecified atom stereocenters. The van der Waals surface area contributed by atoms with Crippen LogP contribution in [-0.4, -0.2) is 41.4 Å². The summed E-state index contributed by atoms with van der Waals surface area (Å²) >= 11 is 0. The van der Waals surface area contributed by atoms with Gasteiger partial charge in [-0.15, -0.1) is 0 Å². The molecule has 0 spiro atoms. The van der Waals surface area contributed by atoms with Crippen molar-refractivity contribution >= 4 is 27.6 Å². The lowest BCUT2D eigenvalue weighted by molar-refractivity contribution is 0.0947. The van der Waals surface area contributed by atoms with Crippen molar-refractivity contribution < 1.29 is 14.3 Å². The van der Waals surface area contributed by atoms with E-state index in [-0.39, 0.29) is 29.6 Å². The SMILES string of the molecule is CCn1nc(C(=O)NCC(c2cccc(OC)c2OC)c2c[nH]c3ccccc23)c2ccccc2c1=O. The van der Waals surface area contributed by atoms with Gasteiger partial charge in [0.2, 0.25) is 0 Å². The highest BCUT2D eigenvalue weighted by atomic mass is 16.5. The minimum Gasteiger partial charge on any atom is -0.493 e. The first-order valence-corrected chi connectivity index (χ1v) is 12.1. The first-order valence-electron chi connectivity index (χ1n) is 12.1. The Morgan fingerprint density at radius 3 is 2.41 bits per heavy atom. The van der Waals surface area contributed by atoms with Gasteiger partial charge in [0.15, 0.2) is 17.2 Å². The van der Waals surface area contributed by atoms with Gasteiger partial charge < -0.3 is 19.8 Å². The molecule has 37 heavy (non-hydrogen) atoms. The van der Waals surface area contributed by atoms with Crippen LogP contribution >= 0.6 is 0 Å². The predicted octanol–water partition coefficient (Wildman–Crippen LogP) is 4.48. The van der Waals surface area contributed by atoms with Gasteiger partial charge in [-0.3, -0.25) is 9.59 Å². The number of hydrogen-bond acceptors (Lipinski definition) is 5. The quantitative estimate of drug-likeness (QED) is 0.330. The minimum absolute atomic E-state index is 0.215. The number of ether oxygens (including phenoxy) is 2. The molecular formula is C29H28N4O4. The second kappa shape index (κ2) is 10.2. The Labute approximate surface area is 213 Å². The Bertz CT molecular complexity index is 1650. The van der Waals surface area contributed by atoms with Gasteiger partial charge in [-0.25, -0.2) is 4.68 Å². The summed E-state index contributed by atoms with van der Waals surface area (Å²) in [7, 11) is 3.21. The summed E-state index contributed by atoms with van der Waals surface area (Å²) in [5, 5.41) is 9.50. The van der Waals surface area contributed by atoms with Crippen LogP contribution in [0.2, 0.25) is 0 Å². The van der Waals surface area contributed by atoms with E-state index in [1.165, 1.54) is 4.68 Å². The lowest BCUT2D eigenvalue weighted by atomic mass is 9.89. The van der Waals surface area contributed by atoms with Gasteiger partial charge in [0.05, 0.1) is 19.6 Å². The van der Waals surface area contributed by atoms with E-state index in [2.05, 4.69) is 21.5 Å². The number of methoxy groups -OCH3 is 2. The van der Waals surface area contributed by atoms with Crippen LogP contribution in [0.5, 0.6) is 11.5 Å². The third kappa shape index (κ3) is 4.31. The van der Waals surface area contributed by atoms with Gasteiger partial charge in [-0.05, 0) is 30.7 Å².